The maximum absolute atomic E-state index is 11.0. The number of rotatable bonds is 4. The van der Waals surface area contributed by atoms with Crippen molar-refractivity contribution in [3.05, 3.63) is 42.2 Å². The van der Waals surface area contributed by atoms with Gasteiger partial charge >= 0.3 is 5.97 Å². The molecule has 0 spiro atoms. The summed E-state index contributed by atoms with van der Waals surface area (Å²) in [6.45, 7) is 0.0656. The van der Waals surface area contributed by atoms with Crippen LogP contribution in [0.2, 0.25) is 0 Å². The highest BCUT2D eigenvalue weighted by Gasteiger charge is 2.18. The number of aliphatic carboxylic acids is 1. The van der Waals surface area contributed by atoms with Crippen molar-refractivity contribution in [1.82, 2.24) is 15.0 Å². The molecule has 0 bridgehead atoms. The second-order valence-electron chi connectivity index (χ2n) is 3.57. The molecular weight excluding hydrogens is 220 g/mol. The minimum absolute atomic E-state index is 0.0656. The fraction of sp³-hybridized carbons (Fsp3) is 0.182. The van der Waals surface area contributed by atoms with Crippen molar-refractivity contribution >= 4 is 5.97 Å². The third-order valence-electron chi connectivity index (χ3n) is 2.49. The average Bonchev–Trinajstić information content (AvgIpc) is 2.83. The van der Waals surface area contributed by atoms with Crippen LogP contribution >= 0.6 is 0 Å². The van der Waals surface area contributed by atoms with Gasteiger partial charge in [0.05, 0.1) is 24.0 Å². The summed E-state index contributed by atoms with van der Waals surface area (Å²) in [6.07, 6.45) is 3.25. The van der Waals surface area contributed by atoms with E-state index in [0.717, 1.165) is 5.69 Å². The van der Waals surface area contributed by atoms with Crippen molar-refractivity contribution < 1.29 is 9.90 Å². The fourth-order valence-electron chi connectivity index (χ4n) is 1.61. The molecule has 0 saturated heterocycles. The van der Waals surface area contributed by atoms with Gasteiger partial charge in [0.25, 0.3) is 0 Å². The molecule has 1 aromatic heterocycles. The van der Waals surface area contributed by atoms with E-state index >= 15 is 0 Å². The molecule has 1 unspecified atom stereocenters. The molecule has 0 fully saturated rings. The quantitative estimate of drug-likeness (QED) is 0.795. The van der Waals surface area contributed by atoms with Crippen LogP contribution in [-0.4, -0.2) is 32.6 Å². The van der Waals surface area contributed by atoms with E-state index in [1.165, 1.54) is 0 Å². The molecule has 0 amide bonds. The van der Waals surface area contributed by atoms with E-state index in [1.807, 2.05) is 6.07 Å². The van der Waals surface area contributed by atoms with Crippen molar-refractivity contribution in [2.75, 3.05) is 6.54 Å². The van der Waals surface area contributed by atoms with Crippen LogP contribution in [0.3, 0.4) is 0 Å². The summed E-state index contributed by atoms with van der Waals surface area (Å²) in [7, 11) is 0. The minimum Gasteiger partial charge on any atom is -0.481 e. The summed E-state index contributed by atoms with van der Waals surface area (Å²) in [5.74, 6) is -1.62. The highest BCUT2D eigenvalue weighted by Crippen LogP contribution is 2.18. The Labute approximate surface area is 97.7 Å². The van der Waals surface area contributed by atoms with Gasteiger partial charge in [0.15, 0.2) is 0 Å². The summed E-state index contributed by atoms with van der Waals surface area (Å²) in [6, 6.07) is 7.10. The molecule has 1 aromatic carbocycles. The molecule has 0 aliphatic heterocycles. The molecule has 17 heavy (non-hydrogen) atoms. The number of hydrogen-bond donors (Lipinski definition) is 2. The Hall–Kier alpha value is -2.21. The normalized spacial score (nSPS) is 12.3. The molecule has 0 aliphatic carbocycles. The molecule has 0 saturated carbocycles. The van der Waals surface area contributed by atoms with Crippen molar-refractivity contribution in [2.45, 2.75) is 5.92 Å². The number of carboxylic acids is 1. The first kappa shape index (κ1) is 11.3. The summed E-state index contributed by atoms with van der Waals surface area (Å²) in [5.41, 5.74) is 6.88. The first-order chi connectivity index (χ1) is 8.22. The summed E-state index contributed by atoms with van der Waals surface area (Å²) < 4.78 is 1.57. The van der Waals surface area contributed by atoms with E-state index < -0.39 is 11.9 Å². The zero-order chi connectivity index (χ0) is 12.3. The lowest BCUT2D eigenvalue weighted by Crippen LogP contribution is -2.21. The predicted octanol–water partition coefficient (Wildman–Crippen LogP) is 0.394. The van der Waals surface area contributed by atoms with Crippen LogP contribution in [0, 0.1) is 0 Å². The number of benzene rings is 1. The van der Waals surface area contributed by atoms with Gasteiger partial charge in [-0.25, -0.2) is 4.68 Å². The monoisotopic (exact) mass is 232 g/mol. The summed E-state index contributed by atoms with van der Waals surface area (Å²) >= 11 is 0. The van der Waals surface area contributed by atoms with E-state index in [1.54, 1.807) is 35.3 Å². The molecule has 2 rings (SSSR count). The Morgan fingerprint density at radius 1 is 1.53 bits per heavy atom. The Morgan fingerprint density at radius 3 is 2.94 bits per heavy atom. The SMILES string of the molecule is NCC(C(=O)O)c1cccc(-n2ccnn2)c1. The second-order valence-corrected chi connectivity index (χ2v) is 3.57. The standard InChI is InChI=1S/C11H12N4O2/c12-7-10(11(16)17)8-2-1-3-9(6-8)15-5-4-13-14-15/h1-6,10H,7,12H2,(H,16,17). The lowest BCUT2D eigenvalue weighted by atomic mass is 9.99. The lowest BCUT2D eigenvalue weighted by Gasteiger charge is -2.11. The topological polar surface area (TPSA) is 94.0 Å². The van der Waals surface area contributed by atoms with Crippen LogP contribution in [0.5, 0.6) is 0 Å². The summed E-state index contributed by atoms with van der Waals surface area (Å²) in [4.78, 5) is 11.0. The van der Waals surface area contributed by atoms with Gasteiger partial charge in [-0.05, 0) is 17.7 Å². The van der Waals surface area contributed by atoms with E-state index in [-0.39, 0.29) is 6.54 Å². The maximum atomic E-state index is 11.0. The average molecular weight is 232 g/mol. The van der Waals surface area contributed by atoms with Crippen molar-refractivity contribution in [3.8, 4) is 5.69 Å². The van der Waals surface area contributed by atoms with Crippen LogP contribution in [0.15, 0.2) is 36.7 Å². The number of aromatic nitrogens is 3. The van der Waals surface area contributed by atoms with Gasteiger partial charge in [-0.15, -0.1) is 5.10 Å². The summed E-state index contributed by atoms with van der Waals surface area (Å²) in [5, 5.41) is 16.6. The van der Waals surface area contributed by atoms with E-state index in [4.69, 9.17) is 10.8 Å². The molecule has 2 aromatic rings. The van der Waals surface area contributed by atoms with Crippen molar-refractivity contribution in [3.63, 3.8) is 0 Å². The Balaban J connectivity index is 2.37. The fourth-order valence-corrected chi connectivity index (χ4v) is 1.61. The Kier molecular flexibility index (Phi) is 3.15. The molecule has 1 atom stereocenters. The van der Waals surface area contributed by atoms with Gasteiger partial charge in [-0.2, -0.15) is 0 Å². The van der Waals surface area contributed by atoms with Gasteiger partial charge < -0.3 is 10.8 Å². The van der Waals surface area contributed by atoms with Crippen LogP contribution in [-0.2, 0) is 4.79 Å². The number of carboxylic acid groups (broad SMARTS) is 1. The molecule has 1 heterocycles. The number of hydrogen-bond acceptors (Lipinski definition) is 4. The van der Waals surface area contributed by atoms with Crippen LogP contribution in [0.4, 0.5) is 0 Å². The predicted molar refractivity (Wildman–Crippen MR) is 60.8 cm³/mol. The van der Waals surface area contributed by atoms with Gasteiger partial charge in [0.2, 0.25) is 0 Å². The zero-order valence-corrected chi connectivity index (χ0v) is 9.02. The van der Waals surface area contributed by atoms with E-state index in [0.29, 0.717) is 5.56 Å². The molecule has 6 heteroatoms. The van der Waals surface area contributed by atoms with Crippen LogP contribution in [0.25, 0.3) is 5.69 Å². The van der Waals surface area contributed by atoms with E-state index in [2.05, 4.69) is 10.3 Å². The number of nitrogens with zero attached hydrogens (tertiary/aromatic N) is 3. The van der Waals surface area contributed by atoms with Gasteiger partial charge in [-0.1, -0.05) is 17.3 Å². The highest BCUT2D eigenvalue weighted by molar-refractivity contribution is 5.76. The third kappa shape index (κ3) is 2.31. The first-order valence-corrected chi connectivity index (χ1v) is 5.12. The minimum atomic E-state index is -0.928. The molecule has 88 valence electrons. The first-order valence-electron chi connectivity index (χ1n) is 5.12. The van der Waals surface area contributed by atoms with Gasteiger partial charge in [0.1, 0.15) is 0 Å². The molecular formula is C11H12N4O2. The molecule has 6 nitrogen and oxygen atoms in total. The lowest BCUT2D eigenvalue weighted by molar-refractivity contribution is -0.138. The Bertz CT molecular complexity index is 510. The smallest absolute Gasteiger partial charge is 0.312 e. The van der Waals surface area contributed by atoms with Crippen LogP contribution < -0.4 is 5.73 Å². The van der Waals surface area contributed by atoms with Gasteiger partial charge in [-0.3, -0.25) is 4.79 Å². The Morgan fingerprint density at radius 2 is 2.35 bits per heavy atom. The van der Waals surface area contributed by atoms with Gasteiger partial charge in [0, 0.05) is 6.54 Å². The van der Waals surface area contributed by atoms with Crippen molar-refractivity contribution in [2.24, 2.45) is 5.73 Å². The second kappa shape index (κ2) is 4.75. The molecule has 3 N–H and O–H groups in total. The third-order valence-corrected chi connectivity index (χ3v) is 2.49. The van der Waals surface area contributed by atoms with E-state index in [9.17, 15) is 4.79 Å². The zero-order valence-electron chi connectivity index (χ0n) is 9.02. The number of nitrogens with two attached hydrogens (primary N) is 1. The largest absolute Gasteiger partial charge is 0.481 e. The molecule has 0 aliphatic rings. The maximum Gasteiger partial charge on any atom is 0.312 e. The number of carbonyl (C=O) groups is 1. The molecule has 0 radical (unpaired) electrons. The highest BCUT2D eigenvalue weighted by atomic mass is 16.4. The van der Waals surface area contributed by atoms with Crippen molar-refractivity contribution in [1.29, 1.82) is 0 Å². The van der Waals surface area contributed by atoms with Crippen LogP contribution in [0.1, 0.15) is 11.5 Å².